The molecule has 5 nitrogen and oxygen atoms in total. The number of carbonyl (C=O) groups excluding carboxylic acids is 1. The maximum absolute atomic E-state index is 12.4. The molecule has 1 rings (SSSR count). The Labute approximate surface area is 113 Å². The molecule has 0 unspecified atom stereocenters. The summed E-state index contributed by atoms with van der Waals surface area (Å²) in [5, 5.41) is 8.86. The number of hydrogen-bond donors (Lipinski definition) is 1. The second-order valence-electron chi connectivity index (χ2n) is 4.00. The van der Waals surface area contributed by atoms with Gasteiger partial charge >= 0.3 is 0 Å². The van der Waals surface area contributed by atoms with Gasteiger partial charge in [-0.2, -0.15) is 0 Å². The monoisotopic (exact) mass is 267 g/mol. The fourth-order valence-electron chi connectivity index (χ4n) is 1.89. The number of carbonyl (C=O) groups is 1. The molecule has 0 radical (unpaired) electrons. The molecule has 19 heavy (non-hydrogen) atoms. The van der Waals surface area contributed by atoms with Crippen LogP contribution in [0.2, 0.25) is 0 Å². The summed E-state index contributed by atoms with van der Waals surface area (Å²) in [6, 6.07) is 5.22. The third kappa shape index (κ3) is 3.61. The molecule has 0 aliphatic heterocycles. The molecular weight excluding hydrogens is 246 g/mol. The molecule has 106 valence electrons. The lowest BCUT2D eigenvalue weighted by Gasteiger charge is -2.22. The van der Waals surface area contributed by atoms with Gasteiger partial charge in [-0.05, 0) is 25.5 Å². The first-order valence-corrected chi connectivity index (χ1v) is 6.30. The summed E-state index contributed by atoms with van der Waals surface area (Å²) in [5.74, 6) is 0.857. The molecule has 1 N–H and O–H groups in total. The van der Waals surface area contributed by atoms with Crippen molar-refractivity contribution in [3.63, 3.8) is 0 Å². The number of ether oxygens (including phenoxy) is 2. The van der Waals surface area contributed by atoms with Gasteiger partial charge in [0.15, 0.2) is 11.5 Å². The van der Waals surface area contributed by atoms with Crippen LogP contribution in [0.15, 0.2) is 18.2 Å². The number of para-hydroxylation sites is 1. The highest BCUT2D eigenvalue weighted by Crippen LogP contribution is 2.31. The minimum Gasteiger partial charge on any atom is -0.493 e. The summed E-state index contributed by atoms with van der Waals surface area (Å²) < 4.78 is 10.5. The van der Waals surface area contributed by atoms with Crippen LogP contribution in [0.5, 0.6) is 11.5 Å². The van der Waals surface area contributed by atoms with E-state index in [9.17, 15) is 4.79 Å². The highest BCUT2D eigenvalue weighted by atomic mass is 16.5. The molecule has 1 aromatic rings. The largest absolute Gasteiger partial charge is 0.493 e. The Balaban J connectivity index is 3.03. The number of aliphatic hydroxyl groups excluding tert-OH is 1. The first kappa shape index (κ1) is 15.3. The number of nitrogens with zero attached hydrogens (tertiary/aromatic N) is 1. The van der Waals surface area contributed by atoms with Gasteiger partial charge in [-0.15, -0.1) is 0 Å². The summed E-state index contributed by atoms with van der Waals surface area (Å²) in [5.41, 5.74) is 0.474. The van der Waals surface area contributed by atoms with Gasteiger partial charge in [0.1, 0.15) is 0 Å². The predicted octanol–water partition coefficient (Wildman–Crippen LogP) is 1.55. The highest BCUT2D eigenvalue weighted by molar-refractivity contribution is 5.97. The first-order chi connectivity index (χ1) is 9.19. The Morgan fingerprint density at radius 2 is 2.05 bits per heavy atom. The van der Waals surface area contributed by atoms with Crippen LogP contribution in [0.4, 0.5) is 0 Å². The molecule has 0 fully saturated rings. The SMILES string of the molecule is CCN(CCCO)C(=O)c1cccc(OC)c1OC. The van der Waals surface area contributed by atoms with Gasteiger partial charge in [0.05, 0.1) is 19.8 Å². The molecule has 1 aromatic carbocycles. The van der Waals surface area contributed by atoms with Gasteiger partial charge in [0.2, 0.25) is 0 Å². The van der Waals surface area contributed by atoms with Gasteiger partial charge in [-0.1, -0.05) is 6.07 Å². The zero-order valence-corrected chi connectivity index (χ0v) is 11.7. The van der Waals surface area contributed by atoms with Crippen molar-refractivity contribution in [2.24, 2.45) is 0 Å². The van der Waals surface area contributed by atoms with Crippen molar-refractivity contribution < 1.29 is 19.4 Å². The fraction of sp³-hybridized carbons (Fsp3) is 0.500. The zero-order valence-electron chi connectivity index (χ0n) is 11.7. The van der Waals surface area contributed by atoms with E-state index in [2.05, 4.69) is 0 Å². The second kappa shape index (κ2) is 7.63. The molecule has 1 amide bonds. The van der Waals surface area contributed by atoms with Crippen molar-refractivity contribution in [3.05, 3.63) is 23.8 Å². The zero-order chi connectivity index (χ0) is 14.3. The summed E-state index contributed by atoms with van der Waals surface area (Å²) in [4.78, 5) is 14.1. The van der Waals surface area contributed by atoms with Gasteiger partial charge in [-0.3, -0.25) is 4.79 Å². The lowest BCUT2D eigenvalue weighted by atomic mass is 10.1. The number of hydrogen-bond acceptors (Lipinski definition) is 4. The molecule has 0 saturated carbocycles. The van der Waals surface area contributed by atoms with Crippen molar-refractivity contribution in [3.8, 4) is 11.5 Å². The number of benzene rings is 1. The van der Waals surface area contributed by atoms with Crippen LogP contribution in [-0.2, 0) is 0 Å². The van der Waals surface area contributed by atoms with E-state index in [4.69, 9.17) is 14.6 Å². The summed E-state index contributed by atoms with van der Waals surface area (Å²) in [6.07, 6.45) is 0.561. The van der Waals surface area contributed by atoms with Crippen molar-refractivity contribution >= 4 is 5.91 Å². The van der Waals surface area contributed by atoms with E-state index in [1.165, 1.54) is 14.2 Å². The van der Waals surface area contributed by atoms with E-state index in [-0.39, 0.29) is 12.5 Å². The topological polar surface area (TPSA) is 59.0 Å². The molecule has 0 atom stereocenters. The Bertz CT molecular complexity index is 420. The molecule has 0 aliphatic carbocycles. The second-order valence-corrected chi connectivity index (χ2v) is 4.00. The third-order valence-corrected chi connectivity index (χ3v) is 2.89. The number of aliphatic hydroxyl groups is 1. The summed E-state index contributed by atoms with van der Waals surface area (Å²) in [6.45, 7) is 3.08. The van der Waals surface area contributed by atoms with Crippen LogP contribution >= 0.6 is 0 Å². The number of amides is 1. The lowest BCUT2D eigenvalue weighted by Crippen LogP contribution is -2.32. The van der Waals surface area contributed by atoms with Crippen molar-refractivity contribution in [1.29, 1.82) is 0 Å². The Morgan fingerprint density at radius 1 is 1.32 bits per heavy atom. The third-order valence-electron chi connectivity index (χ3n) is 2.89. The standard InChI is InChI=1S/C14H21NO4/c1-4-15(9-6-10-16)14(17)11-7-5-8-12(18-2)13(11)19-3/h5,7-8,16H,4,6,9-10H2,1-3H3. The van der Waals surface area contributed by atoms with Crippen LogP contribution < -0.4 is 9.47 Å². The summed E-state index contributed by atoms with van der Waals surface area (Å²) >= 11 is 0. The fourth-order valence-corrected chi connectivity index (χ4v) is 1.89. The number of rotatable bonds is 7. The van der Waals surface area contributed by atoms with E-state index in [0.717, 1.165) is 0 Å². The van der Waals surface area contributed by atoms with Crippen molar-refractivity contribution in [1.82, 2.24) is 4.90 Å². The average molecular weight is 267 g/mol. The molecule has 5 heteroatoms. The number of methoxy groups -OCH3 is 2. The molecule has 0 heterocycles. The molecule has 0 spiro atoms. The lowest BCUT2D eigenvalue weighted by molar-refractivity contribution is 0.0750. The normalized spacial score (nSPS) is 10.1. The maximum Gasteiger partial charge on any atom is 0.257 e. The van der Waals surface area contributed by atoms with Crippen molar-refractivity contribution in [2.75, 3.05) is 33.9 Å². The minimum atomic E-state index is -0.119. The molecule has 0 aromatic heterocycles. The van der Waals surface area contributed by atoms with Crippen LogP contribution in [0.3, 0.4) is 0 Å². The van der Waals surface area contributed by atoms with Crippen LogP contribution in [0.1, 0.15) is 23.7 Å². The molecule has 0 saturated heterocycles. The maximum atomic E-state index is 12.4. The smallest absolute Gasteiger partial charge is 0.257 e. The van der Waals surface area contributed by atoms with Gasteiger partial charge in [0, 0.05) is 19.7 Å². The van der Waals surface area contributed by atoms with E-state index in [1.807, 2.05) is 6.92 Å². The van der Waals surface area contributed by atoms with E-state index in [1.54, 1.807) is 23.1 Å². The minimum absolute atomic E-state index is 0.0685. The van der Waals surface area contributed by atoms with E-state index < -0.39 is 0 Å². The van der Waals surface area contributed by atoms with Crippen LogP contribution in [-0.4, -0.2) is 49.8 Å². The average Bonchev–Trinajstić information content (AvgIpc) is 2.46. The quantitative estimate of drug-likeness (QED) is 0.814. The molecule has 0 aliphatic rings. The van der Waals surface area contributed by atoms with Crippen molar-refractivity contribution in [2.45, 2.75) is 13.3 Å². The highest BCUT2D eigenvalue weighted by Gasteiger charge is 2.20. The summed E-state index contributed by atoms with van der Waals surface area (Å²) in [7, 11) is 3.05. The Kier molecular flexibility index (Phi) is 6.15. The molecular formula is C14H21NO4. The van der Waals surface area contributed by atoms with E-state index in [0.29, 0.717) is 36.6 Å². The van der Waals surface area contributed by atoms with Gasteiger partial charge in [0.25, 0.3) is 5.91 Å². The van der Waals surface area contributed by atoms with Crippen LogP contribution in [0.25, 0.3) is 0 Å². The molecule has 0 bridgehead atoms. The predicted molar refractivity (Wildman–Crippen MR) is 72.8 cm³/mol. The van der Waals surface area contributed by atoms with E-state index >= 15 is 0 Å². The Morgan fingerprint density at radius 3 is 2.58 bits per heavy atom. The van der Waals surface area contributed by atoms with Gasteiger partial charge < -0.3 is 19.5 Å². The Hall–Kier alpha value is -1.75. The van der Waals surface area contributed by atoms with Crippen LogP contribution in [0, 0.1) is 0 Å². The first-order valence-electron chi connectivity index (χ1n) is 6.30. The van der Waals surface area contributed by atoms with Gasteiger partial charge in [-0.25, -0.2) is 0 Å².